The highest BCUT2D eigenvalue weighted by Crippen LogP contribution is 2.22. The molecule has 29 heavy (non-hydrogen) atoms. The summed E-state index contributed by atoms with van der Waals surface area (Å²) < 4.78 is 5.05. The van der Waals surface area contributed by atoms with Crippen molar-refractivity contribution in [3.8, 4) is 0 Å². The van der Waals surface area contributed by atoms with Crippen molar-refractivity contribution in [3.63, 3.8) is 0 Å². The molecular weight excluding hydrogens is 370 g/mol. The van der Waals surface area contributed by atoms with Crippen LogP contribution in [-0.2, 0) is 16.0 Å². The Kier molecular flexibility index (Phi) is 7.70. The minimum atomic E-state index is -0.658. The van der Waals surface area contributed by atoms with Crippen molar-refractivity contribution in [2.24, 2.45) is 0 Å². The molecule has 7 nitrogen and oxygen atoms in total. The van der Waals surface area contributed by atoms with Crippen molar-refractivity contribution >= 4 is 17.7 Å². The Morgan fingerprint density at radius 2 is 1.93 bits per heavy atom. The summed E-state index contributed by atoms with van der Waals surface area (Å²) in [5.74, 6) is -0.788. The molecule has 0 fully saturated rings. The summed E-state index contributed by atoms with van der Waals surface area (Å²) in [5.41, 5.74) is 2.72. The Bertz CT molecular complexity index is 874. The van der Waals surface area contributed by atoms with Gasteiger partial charge >= 0.3 is 5.97 Å². The van der Waals surface area contributed by atoms with Gasteiger partial charge in [-0.15, -0.1) is 0 Å². The third-order valence-electron chi connectivity index (χ3n) is 4.97. The molecule has 1 N–H and O–H groups in total. The van der Waals surface area contributed by atoms with Gasteiger partial charge in [0.2, 0.25) is 5.91 Å². The summed E-state index contributed by atoms with van der Waals surface area (Å²) in [4.78, 5) is 46.8. The summed E-state index contributed by atoms with van der Waals surface area (Å²) in [7, 11) is 0. The second-order valence-electron chi connectivity index (χ2n) is 6.90. The van der Waals surface area contributed by atoms with Crippen LogP contribution in [-0.4, -0.2) is 51.7 Å². The molecule has 2 heterocycles. The lowest BCUT2D eigenvalue weighted by Gasteiger charge is -2.28. The van der Waals surface area contributed by atoms with Crippen LogP contribution in [0, 0.1) is 13.8 Å². The number of pyridine rings is 1. The molecule has 0 radical (unpaired) electrons. The van der Waals surface area contributed by atoms with Gasteiger partial charge in [0.25, 0.3) is 0 Å². The first-order chi connectivity index (χ1) is 13.8. The first kappa shape index (κ1) is 22.3. The summed E-state index contributed by atoms with van der Waals surface area (Å²) in [5, 5.41) is 0. The number of esters is 1. The number of H-pyrrole nitrogens is 1. The van der Waals surface area contributed by atoms with Crippen molar-refractivity contribution in [1.82, 2.24) is 14.9 Å². The third kappa shape index (κ3) is 5.10. The van der Waals surface area contributed by atoms with Crippen molar-refractivity contribution in [3.05, 3.63) is 52.6 Å². The highest BCUT2D eigenvalue weighted by Gasteiger charge is 2.30. The Labute approximate surface area is 171 Å². The van der Waals surface area contributed by atoms with Crippen LogP contribution in [0.25, 0.3) is 0 Å². The fraction of sp³-hybridized carbons (Fsp3) is 0.455. The molecule has 0 aliphatic carbocycles. The average Bonchev–Trinajstić information content (AvgIpc) is 3.02. The molecule has 1 unspecified atom stereocenters. The fourth-order valence-corrected chi connectivity index (χ4v) is 3.40. The number of hydrogen-bond acceptors (Lipinski definition) is 5. The van der Waals surface area contributed by atoms with E-state index in [1.54, 1.807) is 45.7 Å². The van der Waals surface area contributed by atoms with Gasteiger partial charge in [-0.3, -0.25) is 14.6 Å². The van der Waals surface area contributed by atoms with E-state index in [2.05, 4.69) is 9.97 Å². The zero-order valence-corrected chi connectivity index (χ0v) is 17.7. The molecule has 2 rings (SSSR count). The molecule has 0 spiro atoms. The monoisotopic (exact) mass is 399 g/mol. The van der Waals surface area contributed by atoms with Gasteiger partial charge in [-0.25, -0.2) is 4.79 Å². The minimum absolute atomic E-state index is 0.0989. The molecule has 1 amide bonds. The molecule has 0 saturated heterocycles. The number of amides is 1. The molecular formula is C22H29N3O4. The highest BCUT2D eigenvalue weighted by atomic mass is 16.5. The molecule has 0 saturated carbocycles. The van der Waals surface area contributed by atoms with Crippen LogP contribution in [0.1, 0.15) is 65.0 Å². The maximum absolute atomic E-state index is 13.3. The maximum Gasteiger partial charge on any atom is 0.355 e. The Morgan fingerprint density at radius 3 is 2.52 bits per heavy atom. The van der Waals surface area contributed by atoms with E-state index >= 15 is 0 Å². The van der Waals surface area contributed by atoms with Gasteiger partial charge in [-0.1, -0.05) is 13.0 Å². The van der Waals surface area contributed by atoms with Crippen molar-refractivity contribution < 1.29 is 19.1 Å². The van der Waals surface area contributed by atoms with Gasteiger partial charge in [-0.2, -0.15) is 0 Å². The number of nitrogens with one attached hydrogen (secondary N) is 1. The van der Waals surface area contributed by atoms with Gasteiger partial charge in [0.15, 0.2) is 5.78 Å². The quantitative estimate of drug-likeness (QED) is 0.516. The Morgan fingerprint density at radius 1 is 1.21 bits per heavy atom. The van der Waals surface area contributed by atoms with Gasteiger partial charge in [-0.05, 0) is 45.4 Å². The lowest BCUT2D eigenvalue weighted by atomic mass is 9.99. The Balaban J connectivity index is 2.26. The summed E-state index contributed by atoms with van der Waals surface area (Å²) >= 11 is 0. The van der Waals surface area contributed by atoms with Crippen molar-refractivity contribution in [2.75, 3.05) is 13.2 Å². The lowest BCUT2D eigenvalue weighted by Crippen LogP contribution is -2.44. The number of carbonyl (C=O) groups excluding carboxylic acids is 3. The van der Waals surface area contributed by atoms with E-state index in [1.165, 1.54) is 0 Å². The Hall–Kier alpha value is -2.96. The molecule has 0 aromatic carbocycles. The van der Waals surface area contributed by atoms with E-state index in [0.717, 1.165) is 5.69 Å². The van der Waals surface area contributed by atoms with Crippen molar-refractivity contribution in [1.29, 1.82) is 0 Å². The molecule has 156 valence electrons. The van der Waals surface area contributed by atoms with E-state index in [4.69, 9.17) is 4.74 Å². The van der Waals surface area contributed by atoms with Crippen LogP contribution in [0.15, 0.2) is 24.4 Å². The first-order valence-corrected chi connectivity index (χ1v) is 9.91. The maximum atomic E-state index is 13.3. The van der Waals surface area contributed by atoms with Crippen LogP contribution in [0.3, 0.4) is 0 Å². The number of rotatable bonds is 9. The number of carbonyl (C=O) groups is 3. The van der Waals surface area contributed by atoms with Gasteiger partial charge in [0.05, 0.1) is 12.6 Å². The normalized spacial score (nSPS) is 11.8. The van der Waals surface area contributed by atoms with E-state index in [-0.39, 0.29) is 24.0 Å². The fourth-order valence-electron chi connectivity index (χ4n) is 3.40. The summed E-state index contributed by atoms with van der Waals surface area (Å²) in [6, 6.07) is 4.97. The zero-order chi connectivity index (χ0) is 21.6. The van der Waals surface area contributed by atoms with Crippen LogP contribution in [0.4, 0.5) is 0 Å². The summed E-state index contributed by atoms with van der Waals surface area (Å²) in [6.07, 6.45) is 2.57. The second-order valence-corrected chi connectivity index (χ2v) is 6.90. The van der Waals surface area contributed by atoms with Gasteiger partial charge in [0, 0.05) is 42.5 Å². The number of hydrogen-bond donors (Lipinski definition) is 1. The third-order valence-corrected chi connectivity index (χ3v) is 4.97. The minimum Gasteiger partial charge on any atom is -0.461 e. The van der Waals surface area contributed by atoms with Crippen LogP contribution >= 0.6 is 0 Å². The van der Waals surface area contributed by atoms with E-state index in [1.807, 2.05) is 18.2 Å². The molecule has 0 aliphatic rings. The molecule has 0 aliphatic heterocycles. The second kappa shape index (κ2) is 10.0. The number of nitrogens with zero attached hydrogens (tertiary/aromatic N) is 2. The zero-order valence-electron chi connectivity index (χ0n) is 17.7. The molecule has 1 atom stereocenters. The predicted octanol–water partition coefficient (Wildman–Crippen LogP) is 3.26. The molecule has 0 bridgehead atoms. The van der Waals surface area contributed by atoms with Crippen LogP contribution < -0.4 is 0 Å². The number of ketones is 1. The standard InChI is InChI=1S/C22H29N3O4/c1-6-18(26)25(13-11-17-10-8-9-12-23-17)16(5)21(27)19-14(3)20(24-15(19)4)22(28)29-7-2/h8-10,12,16,24H,6-7,11,13H2,1-5H3. The molecule has 7 heteroatoms. The largest absolute Gasteiger partial charge is 0.461 e. The van der Waals surface area contributed by atoms with Gasteiger partial charge in [0.1, 0.15) is 5.69 Å². The van der Waals surface area contributed by atoms with E-state index < -0.39 is 12.0 Å². The van der Waals surface area contributed by atoms with Crippen molar-refractivity contribution in [2.45, 2.75) is 53.5 Å². The SMILES string of the molecule is CCOC(=O)c1[nH]c(C)c(C(=O)C(C)N(CCc2ccccn2)C(=O)CC)c1C. The highest BCUT2D eigenvalue weighted by molar-refractivity contribution is 6.06. The number of aromatic nitrogens is 2. The van der Waals surface area contributed by atoms with E-state index in [0.29, 0.717) is 36.2 Å². The first-order valence-electron chi connectivity index (χ1n) is 9.91. The van der Waals surface area contributed by atoms with Crippen LogP contribution in [0.2, 0.25) is 0 Å². The number of ether oxygens (including phenoxy) is 1. The molecule has 2 aromatic heterocycles. The molecule has 2 aromatic rings. The van der Waals surface area contributed by atoms with Gasteiger partial charge < -0.3 is 14.6 Å². The van der Waals surface area contributed by atoms with Crippen LogP contribution in [0.5, 0.6) is 0 Å². The average molecular weight is 399 g/mol. The summed E-state index contributed by atoms with van der Waals surface area (Å²) in [6.45, 7) is 9.34. The topological polar surface area (TPSA) is 92.4 Å². The number of aromatic amines is 1. The smallest absolute Gasteiger partial charge is 0.355 e. The predicted molar refractivity (Wildman–Crippen MR) is 110 cm³/mol. The number of aryl methyl sites for hydroxylation is 1. The number of Topliss-reactive ketones (excluding diaryl/α,β-unsaturated/α-hetero) is 1. The lowest BCUT2D eigenvalue weighted by molar-refractivity contribution is -0.132. The van der Waals surface area contributed by atoms with E-state index in [9.17, 15) is 14.4 Å².